The normalized spacial score (nSPS) is 19.0. The molecule has 0 radical (unpaired) electrons. The second kappa shape index (κ2) is 5.21. The monoisotopic (exact) mass is 258 g/mol. The van der Waals surface area contributed by atoms with Gasteiger partial charge in [0.15, 0.2) is 0 Å². The minimum Gasteiger partial charge on any atom is -0.388 e. The summed E-state index contributed by atoms with van der Waals surface area (Å²) in [6.07, 6.45) is 1.43. The summed E-state index contributed by atoms with van der Waals surface area (Å²) < 4.78 is 13.0. The Labute approximate surface area is 105 Å². The van der Waals surface area contributed by atoms with E-state index in [0.717, 1.165) is 31.6 Å². The zero-order chi connectivity index (χ0) is 12.3. The van der Waals surface area contributed by atoms with Crippen molar-refractivity contribution < 1.29 is 9.50 Å². The van der Waals surface area contributed by atoms with Gasteiger partial charge < -0.3 is 15.7 Å². The van der Waals surface area contributed by atoms with Crippen LogP contribution >= 0.6 is 11.6 Å². The van der Waals surface area contributed by atoms with Crippen LogP contribution in [0.3, 0.4) is 0 Å². The van der Waals surface area contributed by atoms with Crippen LogP contribution < -0.4 is 10.6 Å². The number of hydrogen-bond acceptors (Lipinski definition) is 3. The molecule has 1 saturated heterocycles. The maximum absolute atomic E-state index is 13.0. The molecule has 1 heterocycles. The highest BCUT2D eigenvalue weighted by Gasteiger charge is 2.28. The van der Waals surface area contributed by atoms with Crippen molar-refractivity contribution in [3.05, 3.63) is 29.0 Å². The minimum atomic E-state index is -0.688. The van der Waals surface area contributed by atoms with E-state index in [-0.39, 0.29) is 5.02 Å². The Bertz CT molecular complexity index is 394. The number of anilines is 1. The Morgan fingerprint density at radius 2 is 2.12 bits per heavy atom. The average Bonchev–Trinajstić information content (AvgIpc) is 2.32. The highest BCUT2D eigenvalue weighted by molar-refractivity contribution is 6.31. The maximum atomic E-state index is 13.0. The molecule has 0 amide bonds. The fraction of sp³-hybridized carbons (Fsp3) is 0.500. The Kier molecular flexibility index (Phi) is 3.86. The van der Waals surface area contributed by atoms with Crippen LogP contribution in [0.1, 0.15) is 12.8 Å². The lowest BCUT2D eigenvalue weighted by atomic mass is 9.92. The van der Waals surface area contributed by atoms with Gasteiger partial charge in [-0.05, 0) is 44.1 Å². The summed E-state index contributed by atoms with van der Waals surface area (Å²) >= 11 is 5.68. The van der Waals surface area contributed by atoms with Crippen LogP contribution in [-0.4, -0.2) is 30.3 Å². The third-order valence-electron chi connectivity index (χ3n) is 3.08. The molecule has 1 fully saturated rings. The molecular weight excluding hydrogens is 243 g/mol. The van der Waals surface area contributed by atoms with E-state index in [0.29, 0.717) is 6.54 Å². The van der Waals surface area contributed by atoms with E-state index in [2.05, 4.69) is 10.6 Å². The lowest BCUT2D eigenvalue weighted by molar-refractivity contribution is 0.0232. The highest BCUT2D eigenvalue weighted by atomic mass is 35.5. The van der Waals surface area contributed by atoms with Crippen molar-refractivity contribution >= 4 is 17.3 Å². The topological polar surface area (TPSA) is 44.3 Å². The quantitative estimate of drug-likeness (QED) is 0.777. The molecule has 0 aromatic heterocycles. The third-order valence-corrected chi connectivity index (χ3v) is 3.37. The Balaban J connectivity index is 1.94. The van der Waals surface area contributed by atoms with Crippen LogP contribution in [0.15, 0.2) is 18.2 Å². The first-order valence-corrected chi connectivity index (χ1v) is 6.09. The maximum Gasteiger partial charge on any atom is 0.141 e. The molecule has 0 bridgehead atoms. The number of halogens is 2. The molecule has 3 nitrogen and oxygen atoms in total. The number of piperidine rings is 1. The van der Waals surface area contributed by atoms with E-state index < -0.39 is 11.4 Å². The fourth-order valence-corrected chi connectivity index (χ4v) is 2.12. The van der Waals surface area contributed by atoms with E-state index in [9.17, 15) is 9.50 Å². The first kappa shape index (κ1) is 12.6. The summed E-state index contributed by atoms with van der Waals surface area (Å²) in [7, 11) is 0. The lowest BCUT2D eigenvalue weighted by Gasteiger charge is -2.33. The van der Waals surface area contributed by atoms with Gasteiger partial charge in [0.1, 0.15) is 5.82 Å². The van der Waals surface area contributed by atoms with Crippen LogP contribution in [0.25, 0.3) is 0 Å². The van der Waals surface area contributed by atoms with Crippen molar-refractivity contribution in [2.24, 2.45) is 0 Å². The Morgan fingerprint density at radius 1 is 1.41 bits per heavy atom. The molecule has 0 unspecified atom stereocenters. The molecule has 0 atom stereocenters. The van der Waals surface area contributed by atoms with Crippen LogP contribution in [0.2, 0.25) is 5.02 Å². The summed E-state index contributed by atoms with van der Waals surface area (Å²) in [6, 6.07) is 4.46. The molecule has 1 aromatic rings. The van der Waals surface area contributed by atoms with Crippen molar-refractivity contribution in [1.82, 2.24) is 5.32 Å². The van der Waals surface area contributed by atoms with Crippen molar-refractivity contribution in [3.63, 3.8) is 0 Å². The van der Waals surface area contributed by atoms with E-state index in [1.807, 2.05) is 0 Å². The van der Waals surface area contributed by atoms with Gasteiger partial charge in [0, 0.05) is 12.2 Å². The second-order valence-corrected chi connectivity index (χ2v) is 4.86. The molecule has 5 heteroatoms. The molecule has 1 aliphatic heterocycles. The molecule has 17 heavy (non-hydrogen) atoms. The number of nitrogens with one attached hydrogen (secondary N) is 2. The van der Waals surface area contributed by atoms with Crippen LogP contribution in [0.5, 0.6) is 0 Å². The van der Waals surface area contributed by atoms with Gasteiger partial charge >= 0.3 is 0 Å². The molecule has 0 spiro atoms. The van der Waals surface area contributed by atoms with Crippen molar-refractivity contribution in [2.45, 2.75) is 18.4 Å². The Hall–Kier alpha value is -0.840. The predicted octanol–water partition coefficient (Wildman–Crippen LogP) is 2.01. The zero-order valence-corrected chi connectivity index (χ0v) is 10.2. The smallest absolute Gasteiger partial charge is 0.141 e. The molecule has 1 aliphatic rings. The van der Waals surface area contributed by atoms with Crippen molar-refractivity contribution in [1.29, 1.82) is 0 Å². The lowest BCUT2D eigenvalue weighted by Crippen LogP contribution is -2.46. The summed E-state index contributed by atoms with van der Waals surface area (Å²) in [5.41, 5.74) is 0.0370. The number of hydrogen-bond donors (Lipinski definition) is 3. The highest BCUT2D eigenvalue weighted by Crippen LogP contribution is 2.22. The van der Waals surface area contributed by atoms with E-state index in [4.69, 9.17) is 11.6 Å². The van der Waals surface area contributed by atoms with E-state index in [1.165, 1.54) is 12.1 Å². The molecule has 3 N–H and O–H groups in total. The third kappa shape index (κ3) is 3.31. The largest absolute Gasteiger partial charge is 0.388 e. The van der Waals surface area contributed by atoms with Crippen LogP contribution in [-0.2, 0) is 0 Å². The molecule has 94 valence electrons. The van der Waals surface area contributed by atoms with Gasteiger partial charge in [-0.15, -0.1) is 0 Å². The summed E-state index contributed by atoms with van der Waals surface area (Å²) in [5, 5.41) is 16.6. The van der Waals surface area contributed by atoms with Gasteiger partial charge in [-0.2, -0.15) is 0 Å². The first-order valence-electron chi connectivity index (χ1n) is 5.71. The van der Waals surface area contributed by atoms with Gasteiger partial charge in [-0.1, -0.05) is 11.6 Å². The van der Waals surface area contributed by atoms with E-state index >= 15 is 0 Å². The number of aliphatic hydroxyl groups is 1. The minimum absolute atomic E-state index is 0.0901. The van der Waals surface area contributed by atoms with Gasteiger partial charge in [0.05, 0.1) is 10.6 Å². The number of rotatable bonds is 3. The van der Waals surface area contributed by atoms with Gasteiger partial charge in [0.25, 0.3) is 0 Å². The van der Waals surface area contributed by atoms with E-state index in [1.54, 1.807) is 6.07 Å². The Morgan fingerprint density at radius 3 is 2.76 bits per heavy atom. The predicted molar refractivity (Wildman–Crippen MR) is 67.0 cm³/mol. The van der Waals surface area contributed by atoms with Crippen LogP contribution in [0, 0.1) is 5.82 Å². The molecule has 1 aromatic carbocycles. The molecular formula is C12H16ClFN2O. The van der Waals surface area contributed by atoms with Crippen molar-refractivity contribution in [2.75, 3.05) is 25.0 Å². The number of benzene rings is 1. The summed E-state index contributed by atoms with van der Waals surface area (Å²) in [5.74, 6) is -0.433. The van der Waals surface area contributed by atoms with Gasteiger partial charge in [-0.25, -0.2) is 4.39 Å². The summed E-state index contributed by atoms with van der Waals surface area (Å²) in [6.45, 7) is 2.10. The van der Waals surface area contributed by atoms with Crippen LogP contribution in [0.4, 0.5) is 10.1 Å². The molecule has 0 saturated carbocycles. The SMILES string of the molecule is OC1(CNc2ccc(F)c(Cl)c2)CCNCC1. The van der Waals surface area contributed by atoms with Crippen molar-refractivity contribution in [3.8, 4) is 0 Å². The standard InChI is InChI=1S/C12H16ClFN2O/c13-10-7-9(1-2-11(10)14)16-8-12(17)3-5-15-6-4-12/h1-2,7,15-17H,3-6,8H2. The van der Waals surface area contributed by atoms with Gasteiger partial charge in [-0.3, -0.25) is 0 Å². The molecule has 2 rings (SSSR count). The molecule has 0 aliphatic carbocycles. The second-order valence-electron chi connectivity index (χ2n) is 4.46. The zero-order valence-electron chi connectivity index (χ0n) is 9.47. The average molecular weight is 259 g/mol. The first-order chi connectivity index (χ1) is 8.09. The fourth-order valence-electron chi connectivity index (χ4n) is 1.94. The summed E-state index contributed by atoms with van der Waals surface area (Å²) in [4.78, 5) is 0. The van der Waals surface area contributed by atoms with Gasteiger partial charge in [0.2, 0.25) is 0 Å².